The Bertz CT molecular complexity index is 821. The van der Waals surface area contributed by atoms with E-state index in [1.165, 1.54) is 24.3 Å². The second kappa shape index (κ2) is 7.04. The first kappa shape index (κ1) is 18.0. The van der Waals surface area contributed by atoms with Gasteiger partial charge in [0.15, 0.2) is 0 Å². The maximum Gasteiger partial charge on any atom is 0.313 e. The van der Waals surface area contributed by atoms with Crippen molar-refractivity contribution in [2.75, 3.05) is 0 Å². The fourth-order valence-electron chi connectivity index (χ4n) is 2.61. The van der Waals surface area contributed by atoms with Crippen LogP contribution in [0.2, 0.25) is 0 Å². The average molecular weight is 349 g/mol. The number of rotatable bonds is 8. The van der Waals surface area contributed by atoms with Gasteiger partial charge >= 0.3 is 23.9 Å². The van der Waals surface area contributed by atoms with E-state index in [-0.39, 0.29) is 11.3 Å². The fraction of sp³-hybridized carbons (Fsp3) is 0.250. The molecular formula is C16H15NO8. The number of hydrogen-bond acceptors (Lipinski definition) is 4. The van der Waals surface area contributed by atoms with Crippen LogP contribution in [0, 0.1) is 0 Å². The Morgan fingerprint density at radius 3 is 1.92 bits per heavy atom. The van der Waals surface area contributed by atoms with Crippen molar-refractivity contribution in [3.8, 4) is 0 Å². The minimum atomic E-state index is -1.30. The number of fused-ring (bicyclic) bond motifs is 1. The third-order valence-corrected chi connectivity index (χ3v) is 3.80. The van der Waals surface area contributed by atoms with Gasteiger partial charge in [-0.1, -0.05) is 6.07 Å². The third kappa shape index (κ3) is 4.14. The van der Waals surface area contributed by atoms with Gasteiger partial charge in [0, 0.05) is 11.2 Å². The summed E-state index contributed by atoms with van der Waals surface area (Å²) < 4.78 is 0. The van der Waals surface area contributed by atoms with E-state index >= 15 is 0 Å². The zero-order valence-electron chi connectivity index (χ0n) is 12.8. The summed E-state index contributed by atoms with van der Waals surface area (Å²) in [6.45, 7) is 0. The predicted octanol–water partition coefficient (Wildman–Crippen LogP) is 1.45. The molecule has 2 unspecified atom stereocenters. The van der Waals surface area contributed by atoms with Crippen LogP contribution < -0.4 is 0 Å². The van der Waals surface area contributed by atoms with Gasteiger partial charge in [-0.25, -0.2) is 0 Å². The zero-order valence-corrected chi connectivity index (χ0v) is 12.8. The van der Waals surface area contributed by atoms with Crippen LogP contribution in [0.25, 0.3) is 10.9 Å². The minimum Gasteiger partial charge on any atom is -0.481 e. The van der Waals surface area contributed by atoms with Crippen LogP contribution in [-0.4, -0.2) is 49.3 Å². The van der Waals surface area contributed by atoms with Crippen LogP contribution in [0.15, 0.2) is 24.3 Å². The van der Waals surface area contributed by atoms with E-state index in [1.54, 1.807) is 0 Å². The quantitative estimate of drug-likeness (QED) is 0.477. The van der Waals surface area contributed by atoms with Crippen LogP contribution >= 0.6 is 0 Å². The zero-order chi connectivity index (χ0) is 18.7. The molecule has 5 N–H and O–H groups in total. The van der Waals surface area contributed by atoms with Crippen LogP contribution in [0.3, 0.4) is 0 Å². The van der Waals surface area contributed by atoms with Gasteiger partial charge < -0.3 is 25.4 Å². The monoisotopic (exact) mass is 349 g/mol. The lowest BCUT2D eigenvalue weighted by Gasteiger charge is -2.10. The molecule has 0 spiro atoms. The summed E-state index contributed by atoms with van der Waals surface area (Å²) in [5.74, 6) is -7.62. The number of benzene rings is 1. The summed E-state index contributed by atoms with van der Waals surface area (Å²) in [4.78, 5) is 47.0. The maximum atomic E-state index is 11.3. The molecule has 0 fully saturated rings. The number of hydrogen-bond donors (Lipinski definition) is 5. The first-order valence-corrected chi connectivity index (χ1v) is 7.20. The van der Waals surface area contributed by atoms with E-state index in [1.807, 2.05) is 0 Å². The molecule has 1 heterocycles. The second-order valence-electron chi connectivity index (χ2n) is 5.55. The molecule has 0 aliphatic carbocycles. The van der Waals surface area contributed by atoms with Crippen molar-refractivity contribution in [3.63, 3.8) is 0 Å². The highest BCUT2D eigenvalue weighted by molar-refractivity contribution is 5.88. The third-order valence-electron chi connectivity index (χ3n) is 3.80. The number of nitrogens with one attached hydrogen (secondary N) is 1. The number of carbonyl (C=O) groups is 4. The summed E-state index contributed by atoms with van der Waals surface area (Å²) in [7, 11) is 0. The van der Waals surface area contributed by atoms with Gasteiger partial charge in [-0.3, -0.25) is 19.2 Å². The standard InChI is InChI=1S/C16H15NO8/c18-13(19)5-9(15(22)23)7-1-2-11-8(3-7)4-12(17-11)10(16(24)25)6-14(20)21/h1-4,9-10,17H,5-6H2,(H,18,19)(H,20,21)(H,22,23)(H,24,25). The van der Waals surface area contributed by atoms with Gasteiger partial charge in [0.05, 0.1) is 18.8 Å². The predicted molar refractivity (Wildman–Crippen MR) is 83.6 cm³/mol. The molecule has 9 nitrogen and oxygen atoms in total. The summed E-state index contributed by atoms with van der Waals surface area (Å²) in [6, 6.07) is 5.83. The number of H-pyrrole nitrogens is 1. The summed E-state index contributed by atoms with van der Waals surface area (Å²) in [5.41, 5.74) is 0.931. The van der Waals surface area contributed by atoms with Gasteiger partial charge in [-0.2, -0.15) is 0 Å². The molecule has 1 aromatic heterocycles. The molecule has 2 rings (SSSR count). The normalized spacial score (nSPS) is 13.3. The maximum absolute atomic E-state index is 11.3. The molecule has 0 bridgehead atoms. The van der Waals surface area contributed by atoms with E-state index in [2.05, 4.69) is 4.98 Å². The molecule has 132 valence electrons. The number of carboxylic acids is 4. The Labute approximate surface area is 140 Å². The molecule has 0 amide bonds. The van der Waals surface area contributed by atoms with Crippen molar-refractivity contribution in [1.29, 1.82) is 0 Å². The average Bonchev–Trinajstić information content (AvgIpc) is 2.91. The summed E-state index contributed by atoms with van der Waals surface area (Å²) in [5, 5.41) is 36.5. The van der Waals surface area contributed by atoms with Crippen molar-refractivity contribution in [1.82, 2.24) is 4.98 Å². The molecular weight excluding hydrogens is 334 g/mol. The molecule has 0 aliphatic rings. The fourth-order valence-corrected chi connectivity index (χ4v) is 2.61. The number of aliphatic carboxylic acids is 4. The van der Waals surface area contributed by atoms with Crippen molar-refractivity contribution in [2.45, 2.75) is 24.7 Å². The van der Waals surface area contributed by atoms with Gasteiger partial charge in [0.2, 0.25) is 0 Å². The van der Waals surface area contributed by atoms with Crippen molar-refractivity contribution in [3.05, 3.63) is 35.5 Å². The lowest BCUT2D eigenvalue weighted by Crippen LogP contribution is -2.16. The molecule has 0 saturated carbocycles. The number of aromatic amines is 1. The lowest BCUT2D eigenvalue weighted by atomic mass is 9.94. The topological polar surface area (TPSA) is 165 Å². The lowest BCUT2D eigenvalue weighted by molar-refractivity contribution is -0.145. The van der Waals surface area contributed by atoms with Crippen LogP contribution in [0.4, 0.5) is 0 Å². The van der Waals surface area contributed by atoms with Crippen LogP contribution in [0.5, 0.6) is 0 Å². The van der Waals surface area contributed by atoms with Crippen molar-refractivity contribution in [2.24, 2.45) is 0 Å². The van der Waals surface area contributed by atoms with Gasteiger partial charge in [-0.15, -0.1) is 0 Å². The molecule has 1 aromatic carbocycles. The summed E-state index contributed by atoms with van der Waals surface area (Å²) in [6.07, 6.45) is -1.19. The van der Waals surface area contributed by atoms with E-state index in [0.29, 0.717) is 10.9 Å². The molecule has 0 saturated heterocycles. The number of aromatic nitrogens is 1. The van der Waals surface area contributed by atoms with E-state index in [9.17, 15) is 29.4 Å². The molecule has 9 heteroatoms. The first-order chi connectivity index (χ1) is 11.7. The van der Waals surface area contributed by atoms with E-state index in [0.717, 1.165) is 0 Å². The highest BCUT2D eigenvalue weighted by Gasteiger charge is 2.26. The van der Waals surface area contributed by atoms with E-state index < -0.39 is 48.6 Å². The largest absolute Gasteiger partial charge is 0.481 e. The molecule has 2 aromatic rings. The van der Waals surface area contributed by atoms with Gasteiger partial charge in [0.25, 0.3) is 0 Å². The Hall–Kier alpha value is -3.36. The minimum absolute atomic E-state index is 0.173. The van der Waals surface area contributed by atoms with Gasteiger partial charge in [-0.05, 0) is 29.1 Å². The van der Waals surface area contributed by atoms with Crippen molar-refractivity contribution < 1.29 is 39.6 Å². The van der Waals surface area contributed by atoms with E-state index in [4.69, 9.17) is 10.2 Å². The highest BCUT2D eigenvalue weighted by Crippen LogP contribution is 2.28. The van der Waals surface area contributed by atoms with Crippen LogP contribution in [0.1, 0.15) is 35.9 Å². The Morgan fingerprint density at radius 1 is 0.840 bits per heavy atom. The SMILES string of the molecule is O=C(O)CC(C(=O)O)c1ccc2[nH]c(C(CC(=O)O)C(=O)O)cc2c1. The first-order valence-electron chi connectivity index (χ1n) is 7.20. The van der Waals surface area contributed by atoms with Gasteiger partial charge in [0.1, 0.15) is 5.92 Å². The highest BCUT2D eigenvalue weighted by atomic mass is 16.4. The molecule has 25 heavy (non-hydrogen) atoms. The summed E-state index contributed by atoms with van der Waals surface area (Å²) >= 11 is 0. The molecule has 2 atom stereocenters. The Kier molecular flexibility index (Phi) is 5.06. The van der Waals surface area contributed by atoms with Crippen molar-refractivity contribution >= 4 is 34.8 Å². The number of carboxylic acid groups (broad SMARTS) is 4. The Balaban J connectivity index is 2.43. The molecule has 0 aliphatic heterocycles. The van der Waals surface area contributed by atoms with Crippen LogP contribution in [-0.2, 0) is 19.2 Å². The second-order valence-corrected chi connectivity index (χ2v) is 5.55. The molecule has 0 radical (unpaired) electrons. The smallest absolute Gasteiger partial charge is 0.313 e. The Morgan fingerprint density at radius 2 is 1.40 bits per heavy atom.